The highest BCUT2D eigenvalue weighted by Gasteiger charge is 2.11. The molecule has 1 aromatic heterocycles. The Kier molecular flexibility index (Phi) is 5.27. The van der Waals surface area contributed by atoms with Crippen LogP contribution in [0, 0.1) is 0 Å². The lowest BCUT2D eigenvalue weighted by atomic mass is 10.2. The number of aromatic nitrogens is 2. The maximum atomic E-state index is 5.37. The Morgan fingerprint density at radius 2 is 1.92 bits per heavy atom. The number of hydrogen-bond acceptors (Lipinski definition) is 5. The molecule has 0 aliphatic rings. The second kappa shape index (κ2) is 7.59. The van der Waals surface area contributed by atoms with Crippen molar-refractivity contribution in [2.75, 3.05) is 14.2 Å². The molecule has 0 atom stereocenters. The lowest BCUT2D eigenvalue weighted by Crippen LogP contribution is -2.17. The Hall–Kier alpha value is -2.18. The van der Waals surface area contributed by atoms with Crippen LogP contribution in [-0.2, 0) is 13.1 Å². The summed E-state index contributed by atoms with van der Waals surface area (Å²) in [7, 11) is 3.66. The molecule has 2 aromatic carbocycles. The van der Waals surface area contributed by atoms with E-state index in [1.165, 1.54) is 5.56 Å². The first-order valence-electron chi connectivity index (χ1n) is 7.54. The molecular formula is C18H18BrN3O2. The van der Waals surface area contributed by atoms with Gasteiger partial charge in [-0.05, 0) is 36.9 Å². The van der Waals surface area contributed by atoms with Crippen LogP contribution in [0.4, 0.5) is 0 Å². The van der Waals surface area contributed by atoms with Gasteiger partial charge in [0.2, 0.25) is 11.7 Å². The number of methoxy groups -OCH3 is 1. The largest absolute Gasteiger partial charge is 0.497 e. The molecule has 0 N–H and O–H groups in total. The molecule has 0 amide bonds. The van der Waals surface area contributed by atoms with E-state index >= 15 is 0 Å². The van der Waals surface area contributed by atoms with Crippen molar-refractivity contribution in [3.63, 3.8) is 0 Å². The third kappa shape index (κ3) is 4.21. The molecule has 6 heteroatoms. The van der Waals surface area contributed by atoms with Crippen LogP contribution in [-0.4, -0.2) is 29.2 Å². The van der Waals surface area contributed by atoms with Gasteiger partial charge in [0.05, 0.1) is 13.7 Å². The molecular weight excluding hydrogens is 370 g/mol. The molecule has 124 valence electrons. The molecule has 1 heterocycles. The molecule has 0 saturated carbocycles. The highest BCUT2D eigenvalue weighted by atomic mass is 79.9. The van der Waals surface area contributed by atoms with E-state index in [-0.39, 0.29) is 0 Å². The van der Waals surface area contributed by atoms with Crippen molar-refractivity contribution in [2.24, 2.45) is 0 Å². The van der Waals surface area contributed by atoms with Gasteiger partial charge in [-0.3, -0.25) is 4.90 Å². The fourth-order valence-corrected chi connectivity index (χ4v) is 2.65. The van der Waals surface area contributed by atoms with Crippen molar-refractivity contribution in [3.05, 3.63) is 64.5 Å². The summed E-state index contributed by atoms with van der Waals surface area (Å²) in [6.45, 7) is 1.40. The molecule has 5 nitrogen and oxygen atoms in total. The zero-order valence-electron chi connectivity index (χ0n) is 13.6. The van der Waals surface area contributed by atoms with Crippen LogP contribution in [0.3, 0.4) is 0 Å². The maximum absolute atomic E-state index is 5.37. The summed E-state index contributed by atoms with van der Waals surface area (Å²) in [5, 5.41) is 4.06. The van der Waals surface area contributed by atoms with Crippen molar-refractivity contribution >= 4 is 15.9 Å². The zero-order valence-corrected chi connectivity index (χ0v) is 15.2. The first-order chi connectivity index (χ1) is 11.6. The van der Waals surface area contributed by atoms with E-state index < -0.39 is 0 Å². The average molecular weight is 388 g/mol. The fraction of sp³-hybridized carbons (Fsp3) is 0.222. The summed E-state index contributed by atoms with van der Waals surface area (Å²) in [5.41, 5.74) is 2.10. The van der Waals surface area contributed by atoms with E-state index in [0.717, 1.165) is 22.3 Å². The van der Waals surface area contributed by atoms with Gasteiger partial charge in [0, 0.05) is 16.6 Å². The minimum atomic E-state index is 0.570. The Balaban J connectivity index is 1.65. The van der Waals surface area contributed by atoms with E-state index in [2.05, 4.69) is 43.1 Å². The highest BCUT2D eigenvalue weighted by molar-refractivity contribution is 9.10. The van der Waals surface area contributed by atoms with Gasteiger partial charge in [0.25, 0.3) is 0 Å². The Morgan fingerprint density at radius 1 is 1.12 bits per heavy atom. The van der Waals surface area contributed by atoms with E-state index in [4.69, 9.17) is 9.26 Å². The van der Waals surface area contributed by atoms with Gasteiger partial charge >= 0.3 is 0 Å². The molecule has 0 aliphatic heterocycles. The van der Waals surface area contributed by atoms with Gasteiger partial charge in [-0.1, -0.05) is 45.4 Å². The standard InChI is InChI=1S/C18H18BrN3O2/c1-22(11-13-6-8-15(19)9-7-13)12-17-20-18(21-24-17)14-4-3-5-16(10-14)23-2/h3-10H,11-12H2,1-2H3. The van der Waals surface area contributed by atoms with Crippen molar-refractivity contribution in [1.29, 1.82) is 0 Å². The number of benzene rings is 2. The summed E-state index contributed by atoms with van der Waals surface area (Å²) in [6, 6.07) is 15.9. The number of ether oxygens (including phenoxy) is 1. The number of hydrogen-bond donors (Lipinski definition) is 0. The van der Waals surface area contributed by atoms with Crippen LogP contribution < -0.4 is 4.74 Å². The van der Waals surface area contributed by atoms with E-state index in [1.54, 1.807) is 7.11 Å². The summed E-state index contributed by atoms with van der Waals surface area (Å²) < 4.78 is 11.7. The first kappa shape index (κ1) is 16.7. The fourth-order valence-electron chi connectivity index (χ4n) is 2.39. The normalized spacial score (nSPS) is 11.0. The van der Waals surface area contributed by atoms with E-state index in [0.29, 0.717) is 18.3 Å². The molecule has 0 radical (unpaired) electrons. The highest BCUT2D eigenvalue weighted by Crippen LogP contribution is 2.21. The van der Waals surface area contributed by atoms with Gasteiger partial charge < -0.3 is 9.26 Å². The number of nitrogens with zero attached hydrogens (tertiary/aromatic N) is 3. The molecule has 0 spiro atoms. The van der Waals surface area contributed by atoms with Crippen LogP contribution in [0.5, 0.6) is 5.75 Å². The monoisotopic (exact) mass is 387 g/mol. The molecule has 24 heavy (non-hydrogen) atoms. The predicted molar refractivity (Wildman–Crippen MR) is 95.6 cm³/mol. The molecule has 3 rings (SSSR count). The third-order valence-corrected chi connectivity index (χ3v) is 4.10. The van der Waals surface area contributed by atoms with Crippen molar-refractivity contribution in [2.45, 2.75) is 13.1 Å². The Morgan fingerprint density at radius 3 is 2.67 bits per heavy atom. The second-order valence-corrected chi connectivity index (χ2v) is 6.46. The summed E-state index contributed by atoms with van der Waals surface area (Å²) in [4.78, 5) is 6.60. The van der Waals surface area contributed by atoms with Crippen LogP contribution in [0.1, 0.15) is 11.5 Å². The van der Waals surface area contributed by atoms with Gasteiger partial charge in [-0.25, -0.2) is 0 Å². The Bertz CT molecular complexity index is 802. The minimum absolute atomic E-state index is 0.570. The van der Waals surface area contributed by atoms with Gasteiger partial charge in [-0.2, -0.15) is 4.98 Å². The van der Waals surface area contributed by atoms with Crippen LogP contribution in [0.2, 0.25) is 0 Å². The summed E-state index contributed by atoms with van der Waals surface area (Å²) in [6.07, 6.45) is 0. The zero-order chi connectivity index (χ0) is 16.9. The van der Waals surface area contributed by atoms with Gasteiger partial charge in [0.1, 0.15) is 5.75 Å². The maximum Gasteiger partial charge on any atom is 0.241 e. The molecule has 0 fully saturated rings. The van der Waals surface area contributed by atoms with Crippen LogP contribution in [0.15, 0.2) is 57.5 Å². The molecule has 0 aliphatic carbocycles. The Labute approximate surface area is 149 Å². The topological polar surface area (TPSA) is 51.4 Å². The predicted octanol–water partition coefficient (Wildman–Crippen LogP) is 4.14. The van der Waals surface area contributed by atoms with Crippen molar-refractivity contribution in [1.82, 2.24) is 15.0 Å². The third-order valence-electron chi connectivity index (χ3n) is 3.57. The SMILES string of the molecule is COc1cccc(-c2noc(CN(C)Cc3ccc(Br)cc3)n2)c1. The smallest absolute Gasteiger partial charge is 0.241 e. The van der Waals surface area contributed by atoms with Crippen molar-refractivity contribution in [3.8, 4) is 17.1 Å². The van der Waals surface area contributed by atoms with Crippen LogP contribution >= 0.6 is 15.9 Å². The van der Waals surface area contributed by atoms with Crippen LogP contribution in [0.25, 0.3) is 11.4 Å². The van der Waals surface area contributed by atoms with Gasteiger partial charge in [-0.15, -0.1) is 0 Å². The molecule has 3 aromatic rings. The average Bonchev–Trinajstić information content (AvgIpc) is 3.05. The minimum Gasteiger partial charge on any atom is -0.497 e. The van der Waals surface area contributed by atoms with Crippen molar-refractivity contribution < 1.29 is 9.26 Å². The molecule has 0 unspecified atom stereocenters. The quantitative estimate of drug-likeness (QED) is 0.635. The van der Waals surface area contributed by atoms with E-state index in [9.17, 15) is 0 Å². The van der Waals surface area contributed by atoms with E-state index in [1.807, 2.05) is 43.4 Å². The van der Waals surface area contributed by atoms with Gasteiger partial charge in [0.15, 0.2) is 0 Å². The molecule has 0 saturated heterocycles. The number of rotatable bonds is 6. The second-order valence-electron chi connectivity index (χ2n) is 5.54. The summed E-state index contributed by atoms with van der Waals surface area (Å²) >= 11 is 3.44. The lowest BCUT2D eigenvalue weighted by Gasteiger charge is -2.14. The first-order valence-corrected chi connectivity index (χ1v) is 8.33. The lowest BCUT2D eigenvalue weighted by molar-refractivity contribution is 0.261. The molecule has 0 bridgehead atoms. The number of halogens is 1. The summed E-state index contributed by atoms with van der Waals surface area (Å²) in [5.74, 6) is 1.93.